The molecule has 0 unspecified atom stereocenters. The molecule has 3 N–H and O–H groups in total. The van der Waals surface area contributed by atoms with Crippen LogP contribution in [-0.4, -0.2) is 12.1 Å². The fraction of sp³-hybridized carbons (Fsp3) is 0.0952. The van der Waals surface area contributed by atoms with Crippen molar-refractivity contribution in [2.45, 2.75) is 6.61 Å². The number of nitrogens with one attached hydrogen (secondary N) is 1. The summed E-state index contributed by atoms with van der Waals surface area (Å²) in [7, 11) is 1.29. The fourth-order valence-corrected chi connectivity index (χ4v) is 3.01. The van der Waals surface area contributed by atoms with Crippen LogP contribution >= 0.6 is 0 Å². The summed E-state index contributed by atoms with van der Waals surface area (Å²) >= 11 is 0. The van der Waals surface area contributed by atoms with E-state index in [0.29, 0.717) is 0 Å². The van der Waals surface area contributed by atoms with Crippen molar-refractivity contribution in [3.63, 3.8) is 0 Å². The number of aromatic nitrogens is 1. The Morgan fingerprint density at radius 2 is 1.66 bits per heavy atom. The predicted octanol–water partition coefficient (Wildman–Crippen LogP) is 3.51. The van der Waals surface area contributed by atoms with Crippen molar-refractivity contribution in [3.05, 3.63) is 74.6 Å². The van der Waals surface area contributed by atoms with Gasteiger partial charge in [0.15, 0.2) is 17.4 Å². The third kappa shape index (κ3) is 3.79. The molecule has 0 aliphatic heterocycles. The zero-order valence-corrected chi connectivity index (χ0v) is 16.2. The monoisotopic (exact) mass is 444 g/mol. The van der Waals surface area contributed by atoms with Crippen LogP contribution in [-0.2, 0) is 6.61 Å². The van der Waals surface area contributed by atoms with Crippen LogP contribution in [0.5, 0.6) is 11.5 Å². The topological polar surface area (TPSA) is 125 Å². The lowest BCUT2D eigenvalue weighted by atomic mass is 9.95. The van der Waals surface area contributed by atoms with Gasteiger partial charge in [-0.1, -0.05) is 6.07 Å². The maximum atomic E-state index is 13.9. The number of H-pyrrole nitrogens is 1. The van der Waals surface area contributed by atoms with Crippen LogP contribution < -0.4 is 20.8 Å². The number of nitriles is 2. The van der Waals surface area contributed by atoms with Gasteiger partial charge >= 0.3 is 0 Å². The van der Waals surface area contributed by atoms with Gasteiger partial charge in [0, 0.05) is 17.2 Å². The molecule has 1 aromatic heterocycles. The minimum absolute atomic E-state index is 0.0445. The van der Waals surface area contributed by atoms with E-state index < -0.39 is 46.7 Å². The molecule has 0 atom stereocenters. The molecule has 1 heterocycles. The van der Waals surface area contributed by atoms with Gasteiger partial charge in [0.05, 0.1) is 7.11 Å². The Morgan fingerprint density at radius 3 is 2.22 bits per heavy atom. The largest absolute Gasteiger partial charge is 0.496 e. The summed E-state index contributed by atoms with van der Waals surface area (Å²) in [6, 6.07) is 7.67. The highest BCUT2D eigenvalue weighted by Gasteiger charge is 2.22. The third-order valence-electron chi connectivity index (χ3n) is 4.48. The number of anilines is 1. The number of benzene rings is 2. The van der Waals surface area contributed by atoms with Crippen molar-refractivity contribution in [3.8, 4) is 34.8 Å². The SMILES string of the molecule is COc1ccc(-c2c(C#N)c(N)[nH]c(=O)c2C#N)cc1COc1c(F)c(F)cc(F)c1F. The Morgan fingerprint density at radius 1 is 1.03 bits per heavy atom. The van der Waals surface area contributed by atoms with Crippen molar-refractivity contribution in [2.24, 2.45) is 0 Å². The number of nitrogens with zero attached hydrogens (tertiary/aromatic N) is 2. The molecule has 7 nitrogen and oxygen atoms in total. The molecule has 2 aromatic carbocycles. The molecule has 0 spiro atoms. The van der Waals surface area contributed by atoms with Crippen molar-refractivity contribution in [1.82, 2.24) is 4.98 Å². The average molecular weight is 444 g/mol. The van der Waals surface area contributed by atoms with Crippen LogP contribution in [0.4, 0.5) is 23.4 Å². The Kier molecular flexibility index (Phi) is 6.03. The van der Waals surface area contributed by atoms with Gasteiger partial charge < -0.3 is 20.2 Å². The second kappa shape index (κ2) is 8.70. The lowest BCUT2D eigenvalue weighted by molar-refractivity contribution is 0.257. The Bertz CT molecular complexity index is 1350. The van der Waals surface area contributed by atoms with Crippen LogP contribution in [0.15, 0.2) is 29.1 Å². The van der Waals surface area contributed by atoms with Gasteiger partial charge in [0.2, 0.25) is 11.6 Å². The van der Waals surface area contributed by atoms with E-state index in [1.807, 2.05) is 0 Å². The van der Waals surface area contributed by atoms with Gasteiger partial charge in [0.25, 0.3) is 5.56 Å². The van der Waals surface area contributed by atoms with E-state index >= 15 is 0 Å². The molecule has 0 bridgehead atoms. The molecule has 3 rings (SSSR count). The average Bonchev–Trinajstić information content (AvgIpc) is 2.77. The molecule has 0 fully saturated rings. The van der Waals surface area contributed by atoms with E-state index in [4.69, 9.17) is 15.2 Å². The maximum Gasteiger partial charge on any atom is 0.268 e. The van der Waals surface area contributed by atoms with E-state index in [0.717, 1.165) is 0 Å². The maximum absolute atomic E-state index is 13.9. The van der Waals surface area contributed by atoms with E-state index in [2.05, 4.69) is 4.98 Å². The number of methoxy groups -OCH3 is 1. The van der Waals surface area contributed by atoms with Crippen molar-refractivity contribution in [1.29, 1.82) is 10.5 Å². The summed E-state index contributed by atoms with van der Waals surface area (Å²) in [6.45, 7) is -0.615. The summed E-state index contributed by atoms with van der Waals surface area (Å²) in [5, 5.41) is 18.8. The highest BCUT2D eigenvalue weighted by Crippen LogP contribution is 2.33. The van der Waals surface area contributed by atoms with E-state index in [1.165, 1.54) is 25.3 Å². The Balaban J connectivity index is 2.13. The van der Waals surface area contributed by atoms with E-state index in [1.54, 1.807) is 12.1 Å². The molecule has 3 aromatic rings. The highest BCUT2D eigenvalue weighted by molar-refractivity contribution is 5.80. The summed E-state index contributed by atoms with van der Waals surface area (Å²) in [4.78, 5) is 14.3. The van der Waals surface area contributed by atoms with Crippen molar-refractivity contribution >= 4 is 5.82 Å². The molecule has 32 heavy (non-hydrogen) atoms. The van der Waals surface area contributed by atoms with Gasteiger partial charge in [-0.15, -0.1) is 0 Å². The molecular weight excluding hydrogens is 432 g/mol. The molecule has 0 saturated carbocycles. The van der Waals surface area contributed by atoms with Crippen molar-refractivity contribution in [2.75, 3.05) is 12.8 Å². The molecule has 11 heteroatoms. The van der Waals surface area contributed by atoms with Gasteiger partial charge in [-0.25, -0.2) is 8.78 Å². The normalized spacial score (nSPS) is 10.3. The Hall–Kier alpha value is -4.51. The summed E-state index contributed by atoms with van der Waals surface area (Å²) in [5.74, 6) is -8.11. The quantitative estimate of drug-likeness (QED) is 0.458. The number of hydrogen-bond donors (Lipinski definition) is 2. The summed E-state index contributed by atoms with van der Waals surface area (Å²) in [6.07, 6.45) is 0. The number of pyridine rings is 1. The number of hydrogen-bond acceptors (Lipinski definition) is 6. The second-order valence-corrected chi connectivity index (χ2v) is 6.33. The second-order valence-electron chi connectivity index (χ2n) is 6.33. The number of aromatic amines is 1. The summed E-state index contributed by atoms with van der Waals surface area (Å²) in [5.41, 5.74) is 4.51. The minimum Gasteiger partial charge on any atom is -0.496 e. The number of ether oxygens (including phenoxy) is 2. The zero-order chi connectivity index (χ0) is 23.6. The fourth-order valence-electron chi connectivity index (χ4n) is 3.01. The lowest BCUT2D eigenvalue weighted by Crippen LogP contribution is -2.16. The van der Waals surface area contributed by atoms with E-state index in [9.17, 15) is 32.9 Å². The molecule has 0 amide bonds. The number of halogens is 4. The summed E-state index contributed by atoms with van der Waals surface area (Å²) < 4.78 is 64.8. The molecule has 162 valence electrons. The van der Waals surface area contributed by atoms with Crippen LogP contribution in [0, 0.1) is 45.9 Å². The van der Waals surface area contributed by atoms with Crippen molar-refractivity contribution < 1.29 is 27.0 Å². The van der Waals surface area contributed by atoms with Gasteiger partial charge in [0.1, 0.15) is 41.4 Å². The molecular formula is C21H12F4N4O3. The number of rotatable bonds is 5. The number of nitrogens with two attached hydrogens (primary N) is 1. The first-order valence-corrected chi connectivity index (χ1v) is 8.72. The lowest BCUT2D eigenvalue weighted by Gasteiger charge is -2.15. The first kappa shape index (κ1) is 22.2. The van der Waals surface area contributed by atoms with Crippen LogP contribution in [0.2, 0.25) is 0 Å². The highest BCUT2D eigenvalue weighted by atomic mass is 19.2. The third-order valence-corrected chi connectivity index (χ3v) is 4.48. The Labute approximate surface area is 177 Å². The molecule has 0 radical (unpaired) electrons. The first-order chi connectivity index (χ1) is 15.2. The zero-order valence-electron chi connectivity index (χ0n) is 16.2. The smallest absolute Gasteiger partial charge is 0.268 e. The standard InChI is InChI=1S/C21H12F4N4O3/c1-31-15-3-2-9(16-11(6-26)20(28)29-21(30)12(16)7-27)4-10(15)8-32-19-17(24)13(22)5-14(23)18(19)25/h2-5H,8H2,1H3,(H3,28,29,30). The van der Waals surface area contributed by atoms with Crippen LogP contribution in [0.3, 0.4) is 0 Å². The molecule has 0 aliphatic rings. The van der Waals surface area contributed by atoms with Gasteiger partial charge in [-0.3, -0.25) is 4.79 Å². The van der Waals surface area contributed by atoms with Gasteiger partial charge in [-0.05, 0) is 17.7 Å². The van der Waals surface area contributed by atoms with E-state index in [-0.39, 0.29) is 39.9 Å². The number of nitrogen functional groups attached to an aromatic ring is 1. The van der Waals surface area contributed by atoms with Gasteiger partial charge in [-0.2, -0.15) is 19.3 Å². The molecule has 0 saturated heterocycles. The predicted molar refractivity (Wildman–Crippen MR) is 103 cm³/mol. The minimum atomic E-state index is -1.72. The van der Waals surface area contributed by atoms with Crippen LogP contribution in [0.1, 0.15) is 16.7 Å². The van der Waals surface area contributed by atoms with Crippen LogP contribution in [0.25, 0.3) is 11.1 Å². The molecule has 0 aliphatic carbocycles. The first-order valence-electron chi connectivity index (χ1n) is 8.72.